The Bertz CT molecular complexity index is 489. The van der Waals surface area contributed by atoms with Gasteiger partial charge in [0.1, 0.15) is 18.5 Å². The molecular formula is C16H22N2O2S. The van der Waals surface area contributed by atoms with E-state index in [1.807, 2.05) is 11.8 Å². The summed E-state index contributed by atoms with van der Waals surface area (Å²) in [6.07, 6.45) is 0.672. The minimum absolute atomic E-state index is 0.259. The molecule has 1 aliphatic heterocycles. The van der Waals surface area contributed by atoms with Crippen LogP contribution in [-0.4, -0.2) is 53.4 Å². The second kappa shape index (κ2) is 8.28. The molecule has 0 amide bonds. The molecule has 1 fully saturated rings. The van der Waals surface area contributed by atoms with Crippen molar-refractivity contribution in [1.29, 1.82) is 5.26 Å². The van der Waals surface area contributed by atoms with Crippen LogP contribution in [0.3, 0.4) is 0 Å². The minimum atomic E-state index is -0.503. The zero-order chi connectivity index (χ0) is 15.1. The smallest absolute Gasteiger partial charge is 0.120 e. The van der Waals surface area contributed by atoms with Crippen molar-refractivity contribution in [1.82, 2.24) is 4.90 Å². The van der Waals surface area contributed by atoms with Crippen molar-refractivity contribution >= 4 is 11.8 Å². The zero-order valence-electron chi connectivity index (χ0n) is 12.4. The van der Waals surface area contributed by atoms with Gasteiger partial charge in [0.05, 0.1) is 11.6 Å². The molecule has 1 aromatic rings. The molecule has 1 saturated heterocycles. The number of thioether (sulfide) groups is 1. The number of hydrogen-bond donors (Lipinski definition) is 1. The number of hydrogen-bond acceptors (Lipinski definition) is 5. The number of benzene rings is 1. The Labute approximate surface area is 130 Å². The highest BCUT2D eigenvalue weighted by molar-refractivity contribution is 8.00. The number of rotatable bonds is 6. The van der Waals surface area contributed by atoms with Crippen molar-refractivity contribution < 1.29 is 9.84 Å². The van der Waals surface area contributed by atoms with Crippen LogP contribution >= 0.6 is 11.8 Å². The molecule has 1 aromatic carbocycles. The first-order valence-corrected chi connectivity index (χ1v) is 8.41. The van der Waals surface area contributed by atoms with Crippen LogP contribution in [-0.2, 0) is 0 Å². The van der Waals surface area contributed by atoms with Gasteiger partial charge in [0.25, 0.3) is 0 Å². The maximum absolute atomic E-state index is 10.1. The van der Waals surface area contributed by atoms with Crippen LogP contribution in [0.25, 0.3) is 0 Å². The summed E-state index contributed by atoms with van der Waals surface area (Å²) in [5.74, 6) is 1.77. The van der Waals surface area contributed by atoms with Crippen molar-refractivity contribution in [2.75, 3.05) is 32.0 Å². The van der Waals surface area contributed by atoms with E-state index >= 15 is 0 Å². The van der Waals surface area contributed by atoms with Gasteiger partial charge in [-0.2, -0.15) is 17.0 Å². The first-order valence-electron chi connectivity index (χ1n) is 7.36. The van der Waals surface area contributed by atoms with E-state index in [-0.39, 0.29) is 6.61 Å². The Hall–Kier alpha value is -1.22. The number of nitrogens with zero attached hydrogens (tertiary/aromatic N) is 2. The summed E-state index contributed by atoms with van der Waals surface area (Å²) < 4.78 is 5.57. The van der Waals surface area contributed by atoms with Gasteiger partial charge < -0.3 is 9.84 Å². The van der Waals surface area contributed by atoms with Gasteiger partial charge in [0, 0.05) is 30.6 Å². The van der Waals surface area contributed by atoms with E-state index in [9.17, 15) is 5.11 Å². The minimum Gasteiger partial charge on any atom is -0.491 e. The van der Waals surface area contributed by atoms with Gasteiger partial charge in [-0.3, -0.25) is 4.90 Å². The molecule has 1 heterocycles. The fourth-order valence-corrected chi connectivity index (χ4v) is 3.64. The van der Waals surface area contributed by atoms with Crippen LogP contribution < -0.4 is 4.74 Å². The SMILES string of the molecule is CCC1CN(CC(O)COc2cccc(C#N)c2)CCS1. The Morgan fingerprint density at radius 1 is 1.57 bits per heavy atom. The molecule has 114 valence electrons. The molecule has 21 heavy (non-hydrogen) atoms. The summed E-state index contributed by atoms with van der Waals surface area (Å²) in [4.78, 5) is 2.31. The third-order valence-electron chi connectivity index (χ3n) is 3.55. The van der Waals surface area contributed by atoms with Crippen molar-refractivity contribution in [2.45, 2.75) is 24.7 Å². The molecule has 1 aliphatic rings. The molecule has 5 heteroatoms. The average molecular weight is 306 g/mol. The van der Waals surface area contributed by atoms with Crippen molar-refractivity contribution in [3.8, 4) is 11.8 Å². The number of aliphatic hydroxyl groups excluding tert-OH is 1. The lowest BCUT2D eigenvalue weighted by molar-refractivity contribution is 0.0692. The largest absolute Gasteiger partial charge is 0.491 e. The maximum atomic E-state index is 10.1. The second-order valence-electron chi connectivity index (χ2n) is 5.27. The summed E-state index contributed by atoms with van der Waals surface area (Å²) in [5.41, 5.74) is 0.570. The van der Waals surface area contributed by atoms with E-state index in [4.69, 9.17) is 10.00 Å². The predicted octanol–water partition coefficient (Wildman–Crippen LogP) is 2.13. The summed E-state index contributed by atoms with van der Waals surface area (Å²) in [7, 11) is 0. The third-order valence-corrected chi connectivity index (χ3v) is 4.92. The Kier molecular flexibility index (Phi) is 6.37. The highest BCUT2D eigenvalue weighted by Crippen LogP contribution is 2.21. The quantitative estimate of drug-likeness (QED) is 0.872. The fraction of sp³-hybridized carbons (Fsp3) is 0.562. The summed E-state index contributed by atoms with van der Waals surface area (Å²) in [6, 6.07) is 9.10. The Morgan fingerprint density at radius 2 is 2.43 bits per heavy atom. The number of aliphatic hydroxyl groups is 1. The highest BCUT2D eigenvalue weighted by Gasteiger charge is 2.21. The predicted molar refractivity (Wildman–Crippen MR) is 85.6 cm³/mol. The van der Waals surface area contributed by atoms with Crippen LogP contribution in [0.15, 0.2) is 24.3 Å². The molecule has 0 aliphatic carbocycles. The van der Waals surface area contributed by atoms with Crippen LogP contribution in [0.5, 0.6) is 5.75 Å². The molecule has 2 atom stereocenters. The zero-order valence-corrected chi connectivity index (χ0v) is 13.2. The van der Waals surface area contributed by atoms with Crippen molar-refractivity contribution in [3.63, 3.8) is 0 Å². The molecule has 0 bridgehead atoms. The third kappa shape index (κ3) is 5.24. The monoisotopic (exact) mass is 306 g/mol. The van der Waals surface area contributed by atoms with Gasteiger partial charge in [-0.25, -0.2) is 0 Å². The van der Waals surface area contributed by atoms with Gasteiger partial charge in [-0.1, -0.05) is 13.0 Å². The normalized spacial score (nSPS) is 20.7. The van der Waals surface area contributed by atoms with Gasteiger partial charge in [-0.05, 0) is 24.6 Å². The van der Waals surface area contributed by atoms with Gasteiger partial charge in [-0.15, -0.1) is 0 Å². The van der Waals surface area contributed by atoms with Crippen molar-refractivity contribution in [3.05, 3.63) is 29.8 Å². The molecule has 0 radical (unpaired) electrons. The average Bonchev–Trinajstić information content (AvgIpc) is 2.53. The molecule has 4 nitrogen and oxygen atoms in total. The summed E-state index contributed by atoms with van der Waals surface area (Å²) in [6.45, 7) is 5.19. The van der Waals surface area contributed by atoms with Crippen LogP contribution in [0.1, 0.15) is 18.9 Å². The van der Waals surface area contributed by atoms with E-state index < -0.39 is 6.10 Å². The maximum Gasteiger partial charge on any atom is 0.120 e. The number of ether oxygens (including phenoxy) is 1. The molecule has 1 N–H and O–H groups in total. The lowest BCUT2D eigenvalue weighted by atomic mass is 10.2. The Morgan fingerprint density at radius 3 is 3.19 bits per heavy atom. The molecule has 2 rings (SSSR count). The van der Waals surface area contributed by atoms with E-state index in [1.165, 1.54) is 6.42 Å². The van der Waals surface area contributed by atoms with E-state index in [1.54, 1.807) is 24.3 Å². The first-order chi connectivity index (χ1) is 10.2. The molecule has 0 spiro atoms. The summed E-state index contributed by atoms with van der Waals surface area (Å²) in [5, 5.41) is 19.6. The molecule has 0 aromatic heterocycles. The van der Waals surface area contributed by atoms with Crippen LogP contribution in [0, 0.1) is 11.3 Å². The van der Waals surface area contributed by atoms with Crippen molar-refractivity contribution in [2.24, 2.45) is 0 Å². The second-order valence-corrected chi connectivity index (χ2v) is 6.67. The highest BCUT2D eigenvalue weighted by atomic mass is 32.2. The summed E-state index contributed by atoms with van der Waals surface area (Å²) >= 11 is 2.02. The van der Waals surface area contributed by atoms with Crippen LogP contribution in [0.4, 0.5) is 0 Å². The standard InChI is InChI=1S/C16H22N2O2S/c1-2-16-11-18(6-7-21-16)10-14(19)12-20-15-5-3-4-13(8-15)9-17/h3-5,8,14,16,19H,2,6-7,10-12H2,1H3. The van der Waals surface area contributed by atoms with Crippen LogP contribution in [0.2, 0.25) is 0 Å². The fourth-order valence-electron chi connectivity index (χ4n) is 2.39. The molecule has 2 unspecified atom stereocenters. The van der Waals surface area contributed by atoms with E-state index in [0.717, 1.165) is 18.8 Å². The number of nitriles is 1. The van der Waals surface area contributed by atoms with Gasteiger partial charge in [0.2, 0.25) is 0 Å². The van der Waals surface area contributed by atoms with Gasteiger partial charge in [0.15, 0.2) is 0 Å². The Balaban J connectivity index is 1.76. The van der Waals surface area contributed by atoms with Gasteiger partial charge >= 0.3 is 0 Å². The first kappa shape index (κ1) is 16.2. The lowest BCUT2D eigenvalue weighted by Gasteiger charge is -2.33. The molecular weight excluding hydrogens is 284 g/mol. The lowest BCUT2D eigenvalue weighted by Crippen LogP contribution is -2.43. The van der Waals surface area contributed by atoms with E-state index in [0.29, 0.717) is 23.1 Å². The molecule has 0 saturated carbocycles. The topological polar surface area (TPSA) is 56.5 Å². The van der Waals surface area contributed by atoms with E-state index in [2.05, 4.69) is 17.9 Å². The number of β-amino-alcohol motifs (C(OH)–C–C–N with tert-alkyl or cyclic N) is 1.